The van der Waals surface area contributed by atoms with Crippen molar-refractivity contribution >= 4 is 15.9 Å². The normalized spacial score (nSPS) is 14.6. The summed E-state index contributed by atoms with van der Waals surface area (Å²) in [4.78, 5) is 0. The predicted molar refractivity (Wildman–Crippen MR) is 71.7 cm³/mol. The van der Waals surface area contributed by atoms with Gasteiger partial charge in [-0.1, -0.05) is 22.0 Å². The molecule has 0 aliphatic heterocycles. The maximum absolute atomic E-state index is 13.7. The molecule has 17 heavy (non-hydrogen) atoms. The van der Waals surface area contributed by atoms with Crippen molar-refractivity contribution in [1.29, 1.82) is 0 Å². The highest BCUT2D eigenvalue weighted by molar-refractivity contribution is 9.10. The van der Waals surface area contributed by atoms with Crippen LogP contribution in [0.1, 0.15) is 18.9 Å². The van der Waals surface area contributed by atoms with Crippen LogP contribution in [-0.4, -0.2) is 26.3 Å². The Morgan fingerprint density at radius 3 is 2.71 bits per heavy atom. The Hall–Kier alpha value is -0.450. The van der Waals surface area contributed by atoms with Gasteiger partial charge in [0.25, 0.3) is 0 Å². The van der Waals surface area contributed by atoms with Gasteiger partial charge in [-0.2, -0.15) is 0 Å². The van der Waals surface area contributed by atoms with Crippen molar-refractivity contribution in [2.75, 3.05) is 14.2 Å². The number of rotatable bonds is 6. The fourth-order valence-electron chi connectivity index (χ4n) is 1.75. The van der Waals surface area contributed by atoms with Crippen LogP contribution in [0.15, 0.2) is 22.7 Å². The lowest BCUT2D eigenvalue weighted by Crippen LogP contribution is -2.31. The van der Waals surface area contributed by atoms with Crippen LogP contribution >= 0.6 is 15.9 Å². The molecule has 4 heteroatoms. The Bertz CT molecular complexity index is 359. The third-order valence-corrected chi connectivity index (χ3v) is 3.40. The third-order valence-electron chi connectivity index (χ3n) is 2.91. The largest absolute Gasteiger partial charge is 0.382 e. The third kappa shape index (κ3) is 4.74. The zero-order valence-corrected chi connectivity index (χ0v) is 12.1. The molecule has 1 aromatic rings. The first kappa shape index (κ1) is 14.6. The van der Waals surface area contributed by atoms with Gasteiger partial charge < -0.3 is 10.1 Å². The highest BCUT2D eigenvalue weighted by Crippen LogP contribution is 2.17. The number of benzene rings is 1. The van der Waals surface area contributed by atoms with Gasteiger partial charge in [0, 0.05) is 17.6 Å². The van der Waals surface area contributed by atoms with Crippen molar-refractivity contribution in [1.82, 2.24) is 5.32 Å². The quantitative estimate of drug-likeness (QED) is 0.872. The summed E-state index contributed by atoms with van der Waals surface area (Å²) < 4.78 is 19.7. The molecule has 2 atom stereocenters. The maximum atomic E-state index is 13.7. The minimum atomic E-state index is -0.162. The van der Waals surface area contributed by atoms with E-state index < -0.39 is 0 Å². The van der Waals surface area contributed by atoms with Crippen molar-refractivity contribution in [2.45, 2.75) is 31.9 Å². The standard InChI is InChI=1S/C13H19BrFNO/c1-9(17-3)6-12(16-2)7-10-4-5-11(14)8-13(10)15/h4-5,8-9,12,16H,6-7H2,1-3H3. The van der Waals surface area contributed by atoms with E-state index in [-0.39, 0.29) is 18.0 Å². The molecule has 1 aromatic carbocycles. The van der Waals surface area contributed by atoms with Gasteiger partial charge in [0.15, 0.2) is 0 Å². The van der Waals surface area contributed by atoms with E-state index in [2.05, 4.69) is 21.2 Å². The van der Waals surface area contributed by atoms with Gasteiger partial charge in [-0.25, -0.2) is 4.39 Å². The van der Waals surface area contributed by atoms with Crippen molar-refractivity contribution in [3.05, 3.63) is 34.1 Å². The van der Waals surface area contributed by atoms with Crippen molar-refractivity contribution < 1.29 is 9.13 Å². The van der Waals surface area contributed by atoms with E-state index in [0.717, 1.165) is 16.5 Å². The molecule has 0 saturated heterocycles. The molecular weight excluding hydrogens is 285 g/mol. The van der Waals surface area contributed by atoms with Crippen LogP contribution in [0.4, 0.5) is 4.39 Å². The van der Waals surface area contributed by atoms with Gasteiger partial charge in [-0.3, -0.25) is 0 Å². The second-order valence-corrected chi connectivity index (χ2v) is 5.12. The Morgan fingerprint density at radius 1 is 1.47 bits per heavy atom. The fraction of sp³-hybridized carbons (Fsp3) is 0.538. The summed E-state index contributed by atoms with van der Waals surface area (Å²) in [5, 5.41) is 3.20. The summed E-state index contributed by atoms with van der Waals surface area (Å²) in [5.41, 5.74) is 0.732. The smallest absolute Gasteiger partial charge is 0.127 e. The molecule has 0 aliphatic rings. The molecule has 0 aromatic heterocycles. The van der Waals surface area contributed by atoms with Gasteiger partial charge in [-0.05, 0) is 44.5 Å². The fourth-order valence-corrected chi connectivity index (χ4v) is 2.09. The van der Waals surface area contributed by atoms with Crippen LogP contribution in [0.25, 0.3) is 0 Å². The summed E-state index contributed by atoms with van der Waals surface area (Å²) in [5.74, 6) is -0.162. The molecule has 96 valence electrons. The first-order chi connectivity index (χ1) is 8.06. The second kappa shape index (κ2) is 7.09. The molecule has 0 fully saturated rings. The van der Waals surface area contributed by atoms with Gasteiger partial charge in [0.2, 0.25) is 0 Å². The van der Waals surface area contributed by atoms with Crippen LogP contribution < -0.4 is 5.32 Å². The average molecular weight is 304 g/mol. The number of hydrogen-bond donors (Lipinski definition) is 1. The summed E-state index contributed by atoms with van der Waals surface area (Å²) >= 11 is 3.26. The summed E-state index contributed by atoms with van der Waals surface area (Å²) in [6, 6.07) is 5.41. The number of likely N-dealkylation sites (N-methyl/N-ethyl adjacent to an activating group) is 1. The lowest BCUT2D eigenvalue weighted by molar-refractivity contribution is 0.101. The van der Waals surface area contributed by atoms with Gasteiger partial charge >= 0.3 is 0 Å². The monoisotopic (exact) mass is 303 g/mol. The highest BCUT2D eigenvalue weighted by atomic mass is 79.9. The number of halogens is 2. The molecule has 1 rings (SSSR count). The molecule has 1 N–H and O–H groups in total. The van der Waals surface area contributed by atoms with Crippen LogP contribution in [-0.2, 0) is 11.2 Å². The minimum Gasteiger partial charge on any atom is -0.382 e. The first-order valence-corrected chi connectivity index (χ1v) is 6.50. The van der Waals surface area contributed by atoms with E-state index in [1.54, 1.807) is 7.11 Å². The Labute approximate surface area is 111 Å². The molecule has 0 radical (unpaired) electrons. The van der Waals surface area contributed by atoms with Gasteiger partial charge in [0.05, 0.1) is 6.10 Å². The molecular formula is C13H19BrFNO. The van der Waals surface area contributed by atoms with Crippen LogP contribution in [0.2, 0.25) is 0 Å². The van der Waals surface area contributed by atoms with Crippen LogP contribution in [0.3, 0.4) is 0 Å². The molecule has 2 unspecified atom stereocenters. The maximum Gasteiger partial charge on any atom is 0.127 e. The molecule has 0 amide bonds. The average Bonchev–Trinajstić information content (AvgIpc) is 2.31. The summed E-state index contributed by atoms with van der Waals surface area (Å²) in [7, 11) is 3.58. The molecule has 0 aliphatic carbocycles. The molecule has 2 nitrogen and oxygen atoms in total. The van der Waals surface area contributed by atoms with Crippen molar-refractivity contribution in [3.8, 4) is 0 Å². The minimum absolute atomic E-state index is 0.162. The molecule has 0 heterocycles. The first-order valence-electron chi connectivity index (χ1n) is 5.70. The number of hydrogen-bond acceptors (Lipinski definition) is 2. The number of methoxy groups -OCH3 is 1. The predicted octanol–water partition coefficient (Wildman–Crippen LogP) is 3.14. The van der Waals surface area contributed by atoms with Crippen molar-refractivity contribution in [2.24, 2.45) is 0 Å². The lowest BCUT2D eigenvalue weighted by atomic mass is 10.0. The van der Waals surface area contributed by atoms with E-state index in [4.69, 9.17) is 4.74 Å². The van der Waals surface area contributed by atoms with E-state index in [1.807, 2.05) is 26.1 Å². The zero-order valence-electron chi connectivity index (χ0n) is 10.5. The molecule has 0 saturated carbocycles. The Balaban J connectivity index is 2.67. The molecule has 0 spiro atoms. The van der Waals surface area contributed by atoms with E-state index >= 15 is 0 Å². The van der Waals surface area contributed by atoms with Crippen LogP contribution in [0, 0.1) is 5.82 Å². The Kier molecular flexibility index (Phi) is 6.09. The highest BCUT2D eigenvalue weighted by Gasteiger charge is 2.14. The van der Waals surface area contributed by atoms with E-state index in [1.165, 1.54) is 6.07 Å². The van der Waals surface area contributed by atoms with Gasteiger partial charge in [0.1, 0.15) is 5.82 Å². The number of nitrogens with one attached hydrogen (secondary N) is 1. The van der Waals surface area contributed by atoms with E-state index in [9.17, 15) is 4.39 Å². The summed E-state index contributed by atoms with van der Waals surface area (Å²) in [6.07, 6.45) is 1.71. The number of ether oxygens (including phenoxy) is 1. The summed E-state index contributed by atoms with van der Waals surface area (Å²) in [6.45, 7) is 2.02. The SMILES string of the molecule is CNC(Cc1ccc(Br)cc1F)CC(C)OC. The lowest BCUT2D eigenvalue weighted by Gasteiger charge is -2.20. The molecule has 0 bridgehead atoms. The van der Waals surface area contributed by atoms with Gasteiger partial charge in [-0.15, -0.1) is 0 Å². The van der Waals surface area contributed by atoms with Crippen LogP contribution in [0.5, 0.6) is 0 Å². The second-order valence-electron chi connectivity index (χ2n) is 4.21. The Morgan fingerprint density at radius 2 is 2.18 bits per heavy atom. The topological polar surface area (TPSA) is 21.3 Å². The van der Waals surface area contributed by atoms with E-state index in [0.29, 0.717) is 6.42 Å². The van der Waals surface area contributed by atoms with Crippen molar-refractivity contribution in [3.63, 3.8) is 0 Å². The zero-order chi connectivity index (χ0) is 12.8.